The molecule has 0 heterocycles. The van der Waals surface area contributed by atoms with Crippen molar-refractivity contribution < 1.29 is 18.7 Å². The number of alkyl carbamates (subject to hydrolysis) is 1. The molecule has 0 saturated carbocycles. The highest BCUT2D eigenvalue weighted by Gasteiger charge is 2.28. The van der Waals surface area contributed by atoms with Crippen molar-refractivity contribution in [2.24, 2.45) is 0 Å². The lowest BCUT2D eigenvalue weighted by Crippen LogP contribution is -2.49. The molecule has 0 saturated heterocycles. The highest BCUT2D eigenvalue weighted by Crippen LogP contribution is 2.15. The van der Waals surface area contributed by atoms with Crippen molar-refractivity contribution in [2.45, 2.75) is 51.7 Å². The molecule has 1 rings (SSSR count). The molecular weight excluding hydrogens is 273 g/mol. The maximum absolute atomic E-state index is 12.8. The van der Waals surface area contributed by atoms with Gasteiger partial charge in [-0.2, -0.15) is 0 Å². The standard InChI is InChI=1S/C16H22FNO3/c1-15(2,3)21-14(20)18-16(4,11-19)10-9-12-5-7-13(17)8-6-12/h5-8,11H,9-10H2,1-4H3,(H,18,20). The summed E-state index contributed by atoms with van der Waals surface area (Å²) < 4.78 is 18.0. The quantitative estimate of drug-likeness (QED) is 0.848. The SMILES string of the molecule is CC(C=O)(CCc1ccc(F)cc1)NC(=O)OC(C)(C)C. The Balaban J connectivity index is 2.61. The van der Waals surface area contributed by atoms with Gasteiger partial charge >= 0.3 is 6.09 Å². The van der Waals surface area contributed by atoms with Crippen LogP contribution in [0.4, 0.5) is 9.18 Å². The van der Waals surface area contributed by atoms with Crippen molar-refractivity contribution in [3.63, 3.8) is 0 Å². The van der Waals surface area contributed by atoms with Gasteiger partial charge in [0.1, 0.15) is 17.7 Å². The van der Waals surface area contributed by atoms with Gasteiger partial charge in [-0.3, -0.25) is 0 Å². The summed E-state index contributed by atoms with van der Waals surface area (Å²) in [6.45, 7) is 6.89. The Hall–Kier alpha value is -1.91. The highest BCUT2D eigenvalue weighted by atomic mass is 19.1. The predicted molar refractivity (Wildman–Crippen MR) is 78.6 cm³/mol. The molecule has 0 spiro atoms. The molecule has 1 aromatic carbocycles. The zero-order chi connectivity index (χ0) is 16.1. The van der Waals surface area contributed by atoms with Gasteiger partial charge < -0.3 is 14.8 Å². The summed E-state index contributed by atoms with van der Waals surface area (Å²) in [6.07, 6.45) is 1.02. The van der Waals surface area contributed by atoms with Crippen LogP contribution in [-0.2, 0) is 16.0 Å². The number of amides is 1. The van der Waals surface area contributed by atoms with E-state index in [0.29, 0.717) is 19.1 Å². The molecule has 116 valence electrons. The molecule has 0 fully saturated rings. The first kappa shape index (κ1) is 17.1. The van der Waals surface area contributed by atoms with E-state index in [-0.39, 0.29) is 5.82 Å². The lowest BCUT2D eigenvalue weighted by molar-refractivity contribution is -0.113. The van der Waals surface area contributed by atoms with Crippen LogP contribution in [0.15, 0.2) is 24.3 Å². The van der Waals surface area contributed by atoms with Gasteiger partial charge in [-0.1, -0.05) is 12.1 Å². The number of nitrogens with one attached hydrogen (secondary N) is 1. The third-order valence-electron chi connectivity index (χ3n) is 2.89. The fraction of sp³-hybridized carbons (Fsp3) is 0.500. The fourth-order valence-electron chi connectivity index (χ4n) is 1.74. The van der Waals surface area contributed by atoms with Crippen LogP contribution in [0.25, 0.3) is 0 Å². The van der Waals surface area contributed by atoms with Crippen LogP contribution in [0.1, 0.15) is 39.7 Å². The van der Waals surface area contributed by atoms with Gasteiger partial charge in [0.15, 0.2) is 0 Å². The largest absolute Gasteiger partial charge is 0.444 e. The first-order chi connectivity index (χ1) is 9.63. The van der Waals surface area contributed by atoms with Crippen LogP contribution in [0.3, 0.4) is 0 Å². The van der Waals surface area contributed by atoms with E-state index in [1.54, 1.807) is 39.8 Å². The lowest BCUT2D eigenvalue weighted by Gasteiger charge is -2.27. The highest BCUT2D eigenvalue weighted by molar-refractivity contribution is 5.76. The molecule has 0 aliphatic rings. The van der Waals surface area contributed by atoms with Crippen molar-refractivity contribution in [2.75, 3.05) is 0 Å². The maximum atomic E-state index is 12.8. The second-order valence-electron chi connectivity index (χ2n) is 6.29. The number of carbonyl (C=O) groups excluding carboxylic acids is 2. The van der Waals surface area contributed by atoms with Crippen LogP contribution in [0.2, 0.25) is 0 Å². The molecule has 5 heteroatoms. The molecule has 1 atom stereocenters. The Morgan fingerprint density at radius 1 is 1.24 bits per heavy atom. The minimum absolute atomic E-state index is 0.302. The summed E-state index contributed by atoms with van der Waals surface area (Å²) in [5, 5.41) is 2.58. The third-order valence-corrected chi connectivity index (χ3v) is 2.89. The predicted octanol–water partition coefficient (Wildman–Crippen LogP) is 3.24. The Morgan fingerprint density at radius 3 is 2.29 bits per heavy atom. The number of rotatable bonds is 5. The first-order valence-electron chi connectivity index (χ1n) is 6.85. The molecule has 1 unspecified atom stereocenters. The number of benzene rings is 1. The second-order valence-corrected chi connectivity index (χ2v) is 6.29. The third kappa shape index (κ3) is 6.38. The van der Waals surface area contributed by atoms with Gasteiger partial charge in [0, 0.05) is 0 Å². The van der Waals surface area contributed by atoms with E-state index in [4.69, 9.17) is 4.74 Å². The van der Waals surface area contributed by atoms with E-state index < -0.39 is 17.2 Å². The minimum atomic E-state index is -1.02. The summed E-state index contributed by atoms with van der Waals surface area (Å²) in [5.74, 6) is -0.302. The number of carbonyl (C=O) groups is 2. The van der Waals surface area contributed by atoms with Crippen LogP contribution >= 0.6 is 0 Å². The molecular formula is C16H22FNO3. The first-order valence-corrected chi connectivity index (χ1v) is 6.85. The molecule has 1 N–H and O–H groups in total. The molecule has 1 amide bonds. The van der Waals surface area contributed by atoms with E-state index in [1.807, 2.05) is 0 Å². The molecule has 0 aromatic heterocycles. The van der Waals surface area contributed by atoms with E-state index in [2.05, 4.69) is 5.32 Å². The Morgan fingerprint density at radius 2 is 1.81 bits per heavy atom. The van der Waals surface area contributed by atoms with Crippen LogP contribution in [-0.4, -0.2) is 23.5 Å². The number of hydrogen-bond acceptors (Lipinski definition) is 3. The van der Waals surface area contributed by atoms with E-state index >= 15 is 0 Å². The van der Waals surface area contributed by atoms with Gasteiger partial charge in [-0.25, -0.2) is 9.18 Å². The fourth-order valence-corrected chi connectivity index (χ4v) is 1.74. The Bertz CT molecular complexity index is 493. The van der Waals surface area contributed by atoms with Crippen molar-refractivity contribution in [1.82, 2.24) is 5.32 Å². The molecule has 0 aliphatic heterocycles. The summed E-state index contributed by atoms with van der Waals surface area (Å²) in [6, 6.07) is 6.06. The van der Waals surface area contributed by atoms with E-state index in [1.165, 1.54) is 12.1 Å². The smallest absolute Gasteiger partial charge is 0.408 e. The molecule has 0 radical (unpaired) electrons. The molecule has 21 heavy (non-hydrogen) atoms. The normalized spacial score (nSPS) is 14.1. The van der Waals surface area contributed by atoms with Crippen molar-refractivity contribution in [3.05, 3.63) is 35.6 Å². The van der Waals surface area contributed by atoms with Crippen molar-refractivity contribution >= 4 is 12.4 Å². The lowest BCUT2D eigenvalue weighted by atomic mass is 9.95. The molecule has 4 nitrogen and oxygen atoms in total. The second kappa shape index (κ2) is 6.70. The van der Waals surface area contributed by atoms with E-state index in [9.17, 15) is 14.0 Å². The minimum Gasteiger partial charge on any atom is -0.444 e. The van der Waals surface area contributed by atoms with Gasteiger partial charge in [0.05, 0.1) is 5.54 Å². The monoisotopic (exact) mass is 295 g/mol. The number of ether oxygens (including phenoxy) is 1. The number of aryl methyl sites for hydroxylation is 1. The number of halogens is 1. The van der Waals surface area contributed by atoms with Gasteiger partial charge in [-0.05, 0) is 58.2 Å². The average Bonchev–Trinajstić information content (AvgIpc) is 2.36. The van der Waals surface area contributed by atoms with Gasteiger partial charge in [-0.15, -0.1) is 0 Å². The summed E-state index contributed by atoms with van der Waals surface area (Å²) in [5.41, 5.74) is -0.739. The summed E-state index contributed by atoms with van der Waals surface area (Å²) in [4.78, 5) is 23.0. The summed E-state index contributed by atoms with van der Waals surface area (Å²) >= 11 is 0. The Labute approximate surface area is 124 Å². The van der Waals surface area contributed by atoms with Crippen molar-refractivity contribution in [1.29, 1.82) is 0 Å². The zero-order valence-electron chi connectivity index (χ0n) is 12.9. The van der Waals surface area contributed by atoms with Crippen LogP contribution in [0, 0.1) is 5.82 Å². The topological polar surface area (TPSA) is 55.4 Å². The van der Waals surface area contributed by atoms with Crippen LogP contribution < -0.4 is 5.32 Å². The molecule has 0 aliphatic carbocycles. The molecule has 0 bridgehead atoms. The number of hydrogen-bond donors (Lipinski definition) is 1. The van der Waals surface area contributed by atoms with Gasteiger partial charge in [0.25, 0.3) is 0 Å². The average molecular weight is 295 g/mol. The van der Waals surface area contributed by atoms with Crippen LogP contribution in [0.5, 0.6) is 0 Å². The van der Waals surface area contributed by atoms with Gasteiger partial charge in [0.2, 0.25) is 0 Å². The maximum Gasteiger partial charge on any atom is 0.408 e. The Kier molecular flexibility index (Phi) is 5.47. The zero-order valence-corrected chi connectivity index (χ0v) is 12.9. The summed E-state index contributed by atoms with van der Waals surface area (Å²) in [7, 11) is 0. The van der Waals surface area contributed by atoms with E-state index in [0.717, 1.165) is 5.56 Å². The molecule has 1 aromatic rings. The van der Waals surface area contributed by atoms with Crippen molar-refractivity contribution in [3.8, 4) is 0 Å². The number of aldehydes is 1.